The van der Waals surface area contributed by atoms with Gasteiger partial charge in [-0.15, -0.1) is 0 Å². The molecule has 16 heavy (non-hydrogen) atoms. The molecule has 96 valence electrons. The van der Waals surface area contributed by atoms with Crippen LogP contribution in [0.2, 0.25) is 0 Å². The van der Waals surface area contributed by atoms with Crippen LogP contribution < -0.4 is 5.73 Å². The zero-order valence-corrected chi connectivity index (χ0v) is 11.3. The van der Waals surface area contributed by atoms with E-state index in [1.54, 1.807) is 18.3 Å². The van der Waals surface area contributed by atoms with Crippen molar-refractivity contribution in [2.45, 2.75) is 50.8 Å². The lowest BCUT2D eigenvalue weighted by Gasteiger charge is -2.34. The topological polar surface area (TPSA) is 63.4 Å². The summed E-state index contributed by atoms with van der Waals surface area (Å²) in [7, 11) is -1.51. The summed E-state index contributed by atoms with van der Waals surface area (Å²) in [5.41, 5.74) is 5.45. The Morgan fingerprint density at radius 3 is 2.56 bits per heavy atom. The second-order valence-electron chi connectivity index (χ2n) is 5.03. The van der Waals surface area contributed by atoms with Crippen molar-refractivity contribution in [1.29, 1.82) is 0 Å². The van der Waals surface area contributed by atoms with Crippen molar-refractivity contribution in [3.63, 3.8) is 0 Å². The fourth-order valence-electron chi connectivity index (χ4n) is 2.35. The first-order valence-corrected chi connectivity index (χ1v) is 7.56. The zero-order chi connectivity index (χ0) is 12.3. The van der Waals surface area contributed by atoms with Crippen molar-refractivity contribution < 1.29 is 8.42 Å². The maximum absolute atomic E-state index is 12.1. The maximum Gasteiger partial charge on any atom is 0.217 e. The molecular weight excluding hydrogens is 224 g/mol. The van der Waals surface area contributed by atoms with Crippen LogP contribution in [0.4, 0.5) is 0 Å². The van der Waals surface area contributed by atoms with Gasteiger partial charge >= 0.3 is 0 Å². The molecule has 0 amide bonds. The van der Waals surface area contributed by atoms with Gasteiger partial charge in [0.25, 0.3) is 0 Å². The molecule has 0 heterocycles. The highest BCUT2D eigenvalue weighted by molar-refractivity contribution is 7.89. The smallest absolute Gasteiger partial charge is 0.217 e. The highest BCUT2D eigenvalue weighted by atomic mass is 32.2. The predicted molar refractivity (Wildman–Crippen MR) is 66.6 cm³/mol. The first-order chi connectivity index (χ1) is 7.39. The number of nitrogens with zero attached hydrogens (tertiary/aromatic N) is 1. The standard InChI is InChI=1S/C11H24N2O2S/c1-9-5-4-6-11(7-9)13(3)16(14,15)10(2)8-12/h9-11H,4-8,12H2,1-3H3. The largest absolute Gasteiger partial charge is 0.329 e. The SMILES string of the molecule is CC1CCCC(N(C)S(=O)(=O)C(C)CN)C1. The van der Waals surface area contributed by atoms with E-state index >= 15 is 0 Å². The van der Waals surface area contributed by atoms with Gasteiger partial charge in [0.2, 0.25) is 10.0 Å². The predicted octanol–water partition coefficient (Wildman–Crippen LogP) is 1.17. The summed E-state index contributed by atoms with van der Waals surface area (Å²) in [4.78, 5) is 0. The van der Waals surface area contributed by atoms with E-state index in [4.69, 9.17) is 5.73 Å². The fraction of sp³-hybridized carbons (Fsp3) is 1.00. The Kier molecular flexibility index (Phi) is 4.76. The van der Waals surface area contributed by atoms with Gasteiger partial charge in [0.1, 0.15) is 0 Å². The molecule has 0 bridgehead atoms. The van der Waals surface area contributed by atoms with Crippen molar-refractivity contribution in [2.24, 2.45) is 11.7 Å². The first-order valence-electron chi connectivity index (χ1n) is 6.06. The Bertz CT molecular complexity index is 316. The Morgan fingerprint density at radius 2 is 2.06 bits per heavy atom. The fourth-order valence-corrected chi connectivity index (χ4v) is 3.76. The van der Waals surface area contributed by atoms with Gasteiger partial charge in [0, 0.05) is 19.6 Å². The van der Waals surface area contributed by atoms with Crippen LogP contribution in [0, 0.1) is 5.92 Å². The van der Waals surface area contributed by atoms with Crippen LogP contribution in [0.1, 0.15) is 39.5 Å². The molecule has 0 aromatic rings. The molecule has 0 radical (unpaired) electrons. The van der Waals surface area contributed by atoms with E-state index in [0.717, 1.165) is 19.3 Å². The van der Waals surface area contributed by atoms with Crippen molar-refractivity contribution in [3.8, 4) is 0 Å². The summed E-state index contributed by atoms with van der Waals surface area (Å²) in [6.45, 7) is 4.06. The summed E-state index contributed by atoms with van der Waals surface area (Å²) in [6.07, 6.45) is 4.31. The van der Waals surface area contributed by atoms with Crippen LogP contribution in [-0.2, 0) is 10.0 Å². The quantitative estimate of drug-likeness (QED) is 0.812. The number of rotatable bonds is 4. The third-order valence-corrected chi connectivity index (χ3v) is 5.98. The lowest BCUT2D eigenvalue weighted by atomic mass is 9.87. The molecule has 1 fully saturated rings. The third-order valence-electron chi connectivity index (χ3n) is 3.66. The molecule has 0 aliphatic heterocycles. The molecule has 1 rings (SSSR count). The number of nitrogens with two attached hydrogens (primary N) is 1. The zero-order valence-electron chi connectivity index (χ0n) is 10.5. The summed E-state index contributed by atoms with van der Waals surface area (Å²) < 4.78 is 25.8. The molecule has 0 aromatic carbocycles. The second kappa shape index (κ2) is 5.47. The number of hydrogen-bond donors (Lipinski definition) is 1. The molecule has 4 nitrogen and oxygen atoms in total. The Balaban J connectivity index is 2.73. The number of sulfonamides is 1. The molecule has 3 atom stereocenters. The van der Waals surface area contributed by atoms with E-state index in [1.807, 2.05) is 0 Å². The second-order valence-corrected chi connectivity index (χ2v) is 7.44. The van der Waals surface area contributed by atoms with Crippen LogP contribution in [-0.4, -0.2) is 37.6 Å². The van der Waals surface area contributed by atoms with Crippen LogP contribution >= 0.6 is 0 Å². The molecule has 1 saturated carbocycles. The Morgan fingerprint density at radius 1 is 1.44 bits per heavy atom. The van der Waals surface area contributed by atoms with E-state index in [9.17, 15) is 8.42 Å². The van der Waals surface area contributed by atoms with Gasteiger partial charge in [-0.05, 0) is 25.7 Å². The van der Waals surface area contributed by atoms with Crippen LogP contribution in [0.3, 0.4) is 0 Å². The molecule has 5 heteroatoms. The van der Waals surface area contributed by atoms with Crippen molar-refractivity contribution in [1.82, 2.24) is 4.31 Å². The minimum atomic E-state index is -3.20. The monoisotopic (exact) mass is 248 g/mol. The number of hydrogen-bond acceptors (Lipinski definition) is 3. The summed E-state index contributed by atoms with van der Waals surface area (Å²) in [5, 5.41) is -0.477. The van der Waals surface area contributed by atoms with Crippen molar-refractivity contribution in [2.75, 3.05) is 13.6 Å². The minimum Gasteiger partial charge on any atom is -0.329 e. The van der Waals surface area contributed by atoms with E-state index in [-0.39, 0.29) is 12.6 Å². The average molecular weight is 248 g/mol. The molecule has 1 aliphatic rings. The Labute approximate surface area is 99.2 Å². The van der Waals surface area contributed by atoms with Gasteiger partial charge in [0.05, 0.1) is 5.25 Å². The van der Waals surface area contributed by atoms with Crippen molar-refractivity contribution in [3.05, 3.63) is 0 Å². The molecule has 0 aromatic heterocycles. The molecule has 0 spiro atoms. The van der Waals surface area contributed by atoms with Crippen LogP contribution in [0.15, 0.2) is 0 Å². The van der Waals surface area contributed by atoms with E-state index < -0.39 is 15.3 Å². The highest BCUT2D eigenvalue weighted by Crippen LogP contribution is 2.28. The van der Waals surface area contributed by atoms with E-state index in [0.29, 0.717) is 5.92 Å². The summed E-state index contributed by atoms with van der Waals surface area (Å²) >= 11 is 0. The lowest BCUT2D eigenvalue weighted by Crippen LogP contribution is -2.45. The van der Waals surface area contributed by atoms with Crippen LogP contribution in [0.5, 0.6) is 0 Å². The van der Waals surface area contributed by atoms with Crippen LogP contribution in [0.25, 0.3) is 0 Å². The minimum absolute atomic E-state index is 0.169. The van der Waals surface area contributed by atoms with Gasteiger partial charge in [-0.3, -0.25) is 0 Å². The van der Waals surface area contributed by atoms with Crippen molar-refractivity contribution >= 4 is 10.0 Å². The lowest BCUT2D eigenvalue weighted by molar-refractivity contribution is 0.238. The average Bonchev–Trinajstić information content (AvgIpc) is 2.26. The molecular formula is C11H24N2O2S. The molecule has 1 aliphatic carbocycles. The van der Waals surface area contributed by atoms with Gasteiger partial charge in [-0.2, -0.15) is 0 Å². The van der Waals surface area contributed by atoms with E-state index in [1.165, 1.54) is 6.42 Å². The Hall–Kier alpha value is -0.130. The third kappa shape index (κ3) is 2.96. The summed E-state index contributed by atoms with van der Waals surface area (Å²) in [6, 6.07) is 0.169. The molecule has 0 saturated heterocycles. The van der Waals surface area contributed by atoms with E-state index in [2.05, 4.69) is 6.92 Å². The van der Waals surface area contributed by atoms with Gasteiger partial charge < -0.3 is 5.73 Å². The van der Waals surface area contributed by atoms with Gasteiger partial charge in [-0.25, -0.2) is 12.7 Å². The van der Waals surface area contributed by atoms with Gasteiger partial charge in [0.15, 0.2) is 0 Å². The van der Waals surface area contributed by atoms with Gasteiger partial charge in [-0.1, -0.05) is 19.8 Å². The summed E-state index contributed by atoms with van der Waals surface area (Å²) in [5.74, 6) is 0.629. The first kappa shape index (κ1) is 13.9. The molecule has 2 N–H and O–H groups in total. The highest BCUT2D eigenvalue weighted by Gasteiger charge is 2.32. The molecule has 3 unspecified atom stereocenters. The normalized spacial score (nSPS) is 29.3. The maximum atomic E-state index is 12.1.